The Hall–Kier alpha value is -1.71. The highest BCUT2D eigenvalue weighted by Crippen LogP contribution is 2.43. The summed E-state index contributed by atoms with van der Waals surface area (Å²) >= 11 is 0. The molecule has 0 atom stereocenters. The Morgan fingerprint density at radius 2 is 1.81 bits per heavy atom. The number of likely N-dealkylation sites (N-methyl/N-ethyl adjacent to an activating group) is 1. The van der Waals surface area contributed by atoms with Crippen molar-refractivity contribution in [1.82, 2.24) is 28.5 Å². The van der Waals surface area contributed by atoms with E-state index in [-0.39, 0.29) is 10.8 Å². The van der Waals surface area contributed by atoms with Crippen LogP contribution in [0.4, 0.5) is 0 Å². The Kier molecular flexibility index (Phi) is 3.80. The van der Waals surface area contributed by atoms with Gasteiger partial charge in [0.1, 0.15) is 5.82 Å². The smallest absolute Gasteiger partial charge is 0.216 e. The third kappa shape index (κ3) is 2.51. The van der Waals surface area contributed by atoms with Gasteiger partial charge in [0.05, 0.1) is 28.4 Å². The molecule has 1 saturated carbocycles. The number of fused-ring (bicyclic) bond motifs is 2. The first-order chi connectivity index (χ1) is 12.9. The van der Waals surface area contributed by atoms with Crippen LogP contribution in [0.25, 0.3) is 11.4 Å². The number of hydrogen-bond acceptors (Lipinski definition) is 5. The van der Waals surface area contributed by atoms with Gasteiger partial charge < -0.3 is 4.57 Å². The monoisotopic (exact) mass is 390 g/mol. The van der Waals surface area contributed by atoms with Crippen molar-refractivity contribution in [1.29, 1.82) is 0 Å². The van der Waals surface area contributed by atoms with Crippen LogP contribution in [0.1, 0.15) is 31.5 Å². The molecule has 146 valence electrons. The molecule has 1 aliphatic carbocycles. The lowest BCUT2D eigenvalue weighted by atomic mass is 9.84. The summed E-state index contributed by atoms with van der Waals surface area (Å²) in [5.74, 6) is 1.07. The van der Waals surface area contributed by atoms with E-state index in [9.17, 15) is 8.42 Å². The lowest BCUT2D eigenvalue weighted by Crippen LogP contribution is -2.57. The Labute approximate surface area is 159 Å². The third-order valence-corrected chi connectivity index (χ3v) is 9.00. The van der Waals surface area contributed by atoms with Crippen molar-refractivity contribution in [2.24, 2.45) is 7.05 Å². The first-order valence-electron chi connectivity index (χ1n) is 9.68. The minimum Gasteiger partial charge on any atom is -0.324 e. The molecule has 0 aromatic carbocycles. The standard InChI is InChI=1S/C18H26N6O2S/c1-21-11-12-24-16(15-5-8-20-22(15)2)13-19-17(24)18(21)6-9-23(10-7-18)27(25,26)14-3-4-14/h5,8,13-14H,3-4,6-7,9-12H2,1-2H3. The predicted octanol–water partition coefficient (Wildman–Crippen LogP) is 1.01. The van der Waals surface area contributed by atoms with Gasteiger partial charge >= 0.3 is 0 Å². The molecule has 2 aliphatic heterocycles. The lowest BCUT2D eigenvalue weighted by Gasteiger charge is -2.49. The van der Waals surface area contributed by atoms with Crippen LogP contribution in [0, 0.1) is 0 Å². The molecule has 0 bridgehead atoms. The molecule has 0 amide bonds. The SMILES string of the molecule is CN1CCn2c(-c3ccnn3C)cnc2C12CCN(S(=O)(=O)C1CC1)CC2. The van der Waals surface area contributed by atoms with Crippen LogP contribution in [0.5, 0.6) is 0 Å². The van der Waals surface area contributed by atoms with Crippen molar-refractivity contribution in [2.45, 2.75) is 43.0 Å². The van der Waals surface area contributed by atoms with Gasteiger partial charge in [-0.15, -0.1) is 0 Å². The van der Waals surface area contributed by atoms with Crippen molar-refractivity contribution in [3.8, 4) is 11.4 Å². The van der Waals surface area contributed by atoms with Gasteiger partial charge in [0.15, 0.2) is 0 Å². The van der Waals surface area contributed by atoms with Gasteiger partial charge in [0, 0.05) is 39.4 Å². The van der Waals surface area contributed by atoms with E-state index in [1.807, 2.05) is 24.0 Å². The molecule has 3 aliphatic rings. The maximum absolute atomic E-state index is 12.6. The number of hydrogen-bond donors (Lipinski definition) is 0. The summed E-state index contributed by atoms with van der Waals surface area (Å²) in [7, 11) is 0.993. The van der Waals surface area contributed by atoms with Crippen LogP contribution in [0.2, 0.25) is 0 Å². The van der Waals surface area contributed by atoms with E-state index >= 15 is 0 Å². The van der Waals surface area contributed by atoms with Gasteiger partial charge in [-0.05, 0) is 38.8 Å². The molecule has 0 radical (unpaired) electrons. The number of imidazole rings is 1. The van der Waals surface area contributed by atoms with Crippen molar-refractivity contribution in [3.63, 3.8) is 0 Å². The molecule has 5 rings (SSSR count). The summed E-state index contributed by atoms with van der Waals surface area (Å²) in [5.41, 5.74) is 1.96. The average molecular weight is 391 g/mol. The second kappa shape index (κ2) is 5.89. The number of aryl methyl sites for hydroxylation is 1. The van der Waals surface area contributed by atoms with Crippen molar-refractivity contribution < 1.29 is 8.42 Å². The predicted molar refractivity (Wildman–Crippen MR) is 101 cm³/mol. The second-order valence-electron chi connectivity index (χ2n) is 8.06. The molecule has 2 fully saturated rings. The van der Waals surface area contributed by atoms with Crippen LogP contribution in [-0.2, 0) is 29.2 Å². The van der Waals surface area contributed by atoms with E-state index in [0.717, 1.165) is 56.0 Å². The zero-order valence-corrected chi connectivity index (χ0v) is 16.7. The van der Waals surface area contributed by atoms with Gasteiger partial charge in [-0.2, -0.15) is 5.10 Å². The molecule has 9 heteroatoms. The fraction of sp³-hybridized carbons (Fsp3) is 0.667. The molecule has 1 spiro atoms. The van der Waals surface area contributed by atoms with E-state index in [1.165, 1.54) is 0 Å². The first kappa shape index (κ1) is 17.4. The van der Waals surface area contributed by atoms with Crippen LogP contribution in [0.3, 0.4) is 0 Å². The maximum Gasteiger partial charge on any atom is 0.216 e. The largest absolute Gasteiger partial charge is 0.324 e. The van der Waals surface area contributed by atoms with Crippen LogP contribution < -0.4 is 0 Å². The summed E-state index contributed by atoms with van der Waals surface area (Å²) in [5, 5.41) is 4.16. The van der Waals surface area contributed by atoms with E-state index in [2.05, 4.69) is 21.6 Å². The summed E-state index contributed by atoms with van der Waals surface area (Å²) < 4.78 is 31.1. The molecular formula is C18H26N6O2S. The Morgan fingerprint density at radius 1 is 1.07 bits per heavy atom. The van der Waals surface area contributed by atoms with Gasteiger partial charge in [0.2, 0.25) is 10.0 Å². The number of sulfonamides is 1. The molecule has 1 saturated heterocycles. The van der Waals surface area contributed by atoms with Crippen molar-refractivity contribution in [2.75, 3.05) is 26.7 Å². The Balaban J connectivity index is 1.48. The zero-order valence-electron chi connectivity index (χ0n) is 15.9. The normalized spacial score (nSPS) is 23.6. The van der Waals surface area contributed by atoms with Gasteiger partial charge in [-0.1, -0.05) is 0 Å². The Bertz CT molecular complexity index is 966. The molecule has 2 aromatic heterocycles. The van der Waals surface area contributed by atoms with Crippen LogP contribution >= 0.6 is 0 Å². The van der Waals surface area contributed by atoms with Gasteiger partial charge in [-0.3, -0.25) is 9.58 Å². The van der Waals surface area contributed by atoms with Crippen molar-refractivity contribution in [3.05, 3.63) is 24.3 Å². The fourth-order valence-corrected chi connectivity index (χ4v) is 6.58. The highest BCUT2D eigenvalue weighted by Gasteiger charge is 2.49. The number of rotatable bonds is 3. The molecule has 27 heavy (non-hydrogen) atoms. The highest BCUT2D eigenvalue weighted by atomic mass is 32.2. The van der Waals surface area contributed by atoms with Crippen molar-refractivity contribution >= 4 is 10.0 Å². The molecule has 8 nitrogen and oxygen atoms in total. The third-order valence-electron chi connectivity index (χ3n) is 6.60. The van der Waals surface area contributed by atoms with E-state index in [1.54, 1.807) is 10.5 Å². The lowest BCUT2D eigenvalue weighted by molar-refractivity contribution is 0.0274. The fourth-order valence-electron chi connectivity index (χ4n) is 4.73. The summed E-state index contributed by atoms with van der Waals surface area (Å²) in [6, 6.07) is 2.01. The van der Waals surface area contributed by atoms with Crippen LogP contribution in [-0.4, -0.2) is 68.9 Å². The molecule has 2 aromatic rings. The second-order valence-corrected chi connectivity index (χ2v) is 10.3. The van der Waals surface area contributed by atoms with Gasteiger partial charge in [-0.25, -0.2) is 17.7 Å². The number of nitrogens with zero attached hydrogens (tertiary/aromatic N) is 6. The number of piperidine rings is 1. The summed E-state index contributed by atoms with van der Waals surface area (Å²) in [6.07, 6.45) is 6.97. The quantitative estimate of drug-likeness (QED) is 0.782. The average Bonchev–Trinajstić information content (AvgIpc) is 3.31. The molecule has 0 N–H and O–H groups in total. The first-order valence-corrected chi connectivity index (χ1v) is 11.2. The molecule has 0 unspecified atom stereocenters. The van der Waals surface area contributed by atoms with Crippen LogP contribution in [0.15, 0.2) is 18.5 Å². The summed E-state index contributed by atoms with van der Waals surface area (Å²) in [6.45, 7) is 2.98. The highest BCUT2D eigenvalue weighted by molar-refractivity contribution is 7.90. The van der Waals surface area contributed by atoms with E-state index in [4.69, 9.17) is 4.98 Å². The molecule has 4 heterocycles. The zero-order chi connectivity index (χ0) is 18.8. The number of aromatic nitrogens is 4. The van der Waals surface area contributed by atoms with E-state index < -0.39 is 10.0 Å². The maximum atomic E-state index is 12.6. The van der Waals surface area contributed by atoms with E-state index in [0.29, 0.717) is 13.1 Å². The van der Waals surface area contributed by atoms with Gasteiger partial charge in [0.25, 0.3) is 0 Å². The summed E-state index contributed by atoms with van der Waals surface area (Å²) in [4.78, 5) is 7.21. The minimum absolute atomic E-state index is 0.130. The molecular weight excluding hydrogens is 364 g/mol. The minimum atomic E-state index is -3.10. The topological polar surface area (TPSA) is 76.3 Å². The Morgan fingerprint density at radius 3 is 2.44 bits per heavy atom.